The molecule has 1 amide bonds. The van der Waals surface area contributed by atoms with Gasteiger partial charge >= 0.3 is 0 Å². The van der Waals surface area contributed by atoms with Crippen LogP contribution in [0.15, 0.2) is 24.4 Å². The first-order valence-electron chi connectivity index (χ1n) is 8.80. The first kappa shape index (κ1) is 19.8. The van der Waals surface area contributed by atoms with Gasteiger partial charge in [-0.15, -0.1) is 11.3 Å². The van der Waals surface area contributed by atoms with Crippen LogP contribution in [0.4, 0.5) is 5.13 Å². The number of benzene rings is 1. The number of hydrogen-bond donors (Lipinski definition) is 1. The summed E-state index contributed by atoms with van der Waals surface area (Å²) in [6, 6.07) is 5.62. The normalized spacial score (nSPS) is 10.6. The summed E-state index contributed by atoms with van der Waals surface area (Å²) in [4.78, 5) is 26.8. The average Bonchev–Trinajstić information content (AvgIpc) is 3.06. The van der Waals surface area contributed by atoms with Gasteiger partial charge in [0.05, 0.1) is 31.2 Å². The van der Waals surface area contributed by atoms with Crippen LogP contribution in [-0.2, 0) is 6.42 Å². The number of thiazole rings is 1. The van der Waals surface area contributed by atoms with Gasteiger partial charge in [0.1, 0.15) is 5.82 Å². The van der Waals surface area contributed by atoms with Gasteiger partial charge in [-0.2, -0.15) is 0 Å². The highest BCUT2D eigenvalue weighted by Gasteiger charge is 2.17. The summed E-state index contributed by atoms with van der Waals surface area (Å²) in [6.07, 6.45) is 2.21. The van der Waals surface area contributed by atoms with Crippen molar-refractivity contribution in [2.75, 3.05) is 19.5 Å². The van der Waals surface area contributed by atoms with Gasteiger partial charge in [-0.1, -0.05) is 6.92 Å². The Balaban J connectivity index is 1.88. The molecule has 7 nitrogen and oxygen atoms in total. The molecule has 0 saturated carbocycles. The third-order valence-electron chi connectivity index (χ3n) is 4.24. The quantitative estimate of drug-likeness (QED) is 0.674. The van der Waals surface area contributed by atoms with Gasteiger partial charge in [0.15, 0.2) is 16.6 Å². The van der Waals surface area contributed by atoms with Crippen molar-refractivity contribution in [1.29, 1.82) is 0 Å². The fourth-order valence-corrected chi connectivity index (χ4v) is 3.67. The Morgan fingerprint density at radius 3 is 2.57 bits per heavy atom. The summed E-state index contributed by atoms with van der Waals surface area (Å²) in [6.45, 7) is 5.73. The van der Waals surface area contributed by atoms with E-state index in [1.165, 1.54) is 11.3 Å². The zero-order chi connectivity index (χ0) is 20.3. The SMILES string of the molecule is CCc1nc(C)ncc1C(=O)Nc1nc(-c2ccc(OC)c(OC)c2)c(C)s1. The summed E-state index contributed by atoms with van der Waals surface area (Å²) in [5.74, 6) is 1.67. The lowest BCUT2D eigenvalue weighted by Gasteiger charge is -2.09. The van der Waals surface area contributed by atoms with E-state index >= 15 is 0 Å². The number of methoxy groups -OCH3 is 2. The third kappa shape index (κ3) is 3.96. The Morgan fingerprint density at radius 2 is 1.89 bits per heavy atom. The van der Waals surface area contributed by atoms with Crippen molar-refractivity contribution in [1.82, 2.24) is 15.0 Å². The van der Waals surface area contributed by atoms with Gasteiger partial charge in [-0.3, -0.25) is 10.1 Å². The number of aryl methyl sites for hydroxylation is 3. The number of hydrogen-bond acceptors (Lipinski definition) is 7. The highest BCUT2D eigenvalue weighted by Crippen LogP contribution is 2.36. The Morgan fingerprint density at radius 1 is 1.14 bits per heavy atom. The number of anilines is 1. The van der Waals surface area contributed by atoms with Crippen LogP contribution in [0.2, 0.25) is 0 Å². The molecule has 0 aliphatic heterocycles. The van der Waals surface area contributed by atoms with Gasteiger partial charge in [0.2, 0.25) is 0 Å². The van der Waals surface area contributed by atoms with Gasteiger partial charge in [-0.05, 0) is 38.5 Å². The maximum atomic E-state index is 12.7. The number of nitrogens with one attached hydrogen (secondary N) is 1. The molecular weight excluding hydrogens is 376 g/mol. The Labute approximate surface area is 167 Å². The topological polar surface area (TPSA) is 86.2 Å². The highest BCUT2D eigenvalue weighted by atomic mass is 32.1. The number of amides is 1. The van der Waals surface area contributed by atoms with Gasteiger partial charge in [-0.25, -0.2) is 15.0 Å². The summed E-state index contributed by atoms with van der Waals surface area (Å²) >= 11 is 1.42. The Bertz CT molecular complexity index is 1020. The van der Waals surface area contributed by atoms with E-state index in [-0.39, 0.29) is 5.91 Å². The van der Waals surface area contributed by atoms with E-state index in [0.29, 0.717) is 34.4 Å². The highest BCUT2D eigenvalue weighted by molar-refractivity contribution is 7.16. The lowest BCUT2D eigenvalue weighted by molar-refractivity contribution is 0.102. The number of aromatic nitrogens is 3. The molecule has 3 rings (SSSR count). The van der Waals surface area contributed by atoms with Crippen molar-refractivity contribution in [2.24, 2.45) is 0 Å². The predicted octanol–water partition coefficient (Wildman–Crippen LogP) is 4.05. The minimum absolute atomic E-state index is 0.260. The average molecular weight is 398 g/mol. The smallest absolute Gasteiger partial charge is 0.260 e. The van der Waals surface area contributed by atoms with E-state index in [1.54, 1.807) is 27.3 Å². The lowest BCUT2D eigenvalue weighted by Crippen LogP contribution is -2.16. The van der Waals surface area contributed by atoms with Crippen molar-refractivity contribution < 1.29 is 14.3 Å². The number of rotatable bonds is 6. The third-order valence-corrected chi connectivity index (χ3v) is 5.13. The summed E-state index contributed by atoms with van der Waals surface area (Å²) < 4.78 is 10.7. The standard InChI is InChI=1S/C20H22N4O3S/c1-6-15-14(10-21-12(3)22-15)19(25)24-20-23-18(11(2)28-20)13-7-8-16(26-4)17(9-13)27-5/h7-10H,6H2,1-5H3,(H,23,24,25). The van der Waals surface area contributed by atoms with Crippen LogP contribution in [0.1, 0.15) is 33.7 Å². The molecule has 0 unspecified atom stereocenters. The molecule has 28 heavy (non-hydrogen) atoms. The molecule has 2 heterocycles. The summed E-state index contributed by atoms with van der Waals surface area (Å²) in [7, 11) is 3.19. The van der Waals surface area contributed by atoms with Crippen molar-refractivity contribution in [3.63, 3.8) is 0 Å². The fraction of sp³-hybridized carbons (Fsp3) is 0.300. The fourth-order valence-electron chi connectivity index (χ4n) is 2.84. The van der Waals surface area contributed by atoms with E-state index in [9.17, 15) is 4.79 Å². The van der Waals surface area contributed by atoms with Crippen molar-refractivity contribution in [3.05, 3.63) is 46.4 Å². The van der Waals surface area contributed by atoms with Gasteiger partial charge < -0.3 is 9.47 Å². The lowest BCUT2D eigenvalue weighted by atomic mass is 10.1. The van der Waals surface area contributed by atoms with E-state index < -0.39 is 0 Å². The maximum Gasteiger partial charge on any atom is 0.260 e. The molecule has 0 radical (unpaired) electrons. The Hall–Kier alpha value is -3.00. The Kier molecular flexibility index (Phi) is 5.89. The van der Waals surface area contributed by atoms with E-state index in [0.717, 1.165) is 21.8 Å². The molecule has 0 fully saturated rings. The number of nitrogens with zero attached hydrogens (tertiary/aromatic N) is 3. The first-order chi connectivity index (χ1) is 13.5. The second-order valence-corrected chi connectivity index (χ2v) is 7.28. The second kappa shape index (κ2) is 8.35. The molecule has 0 aliphatic rings. The molecule has 0 bridgehead atoms. The van der Waals surface area contributed by atoms with Crippen molar-refractivity contribution in [3.8, 4) is 22.8 Å². The van der Waals surface area contributed by atoms with Crippen LogP contribution in [0, 0.1) is 13.8 Å². The van der Waals surface area contributed by atoms with Crippen LogP contribution < -0.4 is 14.8 Å². The maximum absolute atomic E-state index is 12.7. The van der Waals surface area contributed by atoms with Gasteiger partial charge in [0, 0.05) is 16.6 Å². The minimum atomic E-state index is -0.260. The molecule has 0 spiro atoms. The summed E-state index contributed by atoms with van der Waals surface area (Å²) in [5.41, 5.74) is 2.86. The molecule has 146 valence electrons. The molecule has 2 aromatic heterocycles. The zero-order valence-corrected chi connectivity index (χ0v) is 17.3. The molecule has 1 aromatic carbocycles. The molecule has 1 N–H and O–H groups in total. The molecule has 0 saturated heterocycles. The van der Waals surface area contributed by atoms with Crippen LogP contribution in [0.3, 0.4) is 0 Å². The molecule has 3 aromatic rings. The minimum Gasteiger partial charge on any atom is -0.493 e. The predicted molar refractivity (Wildman–Crippen MR) is 109 cm³/mol. The van der Waals surface area contributed by atoms with Crippen molar-refractivity contribution in [2.45, 2.75) is 27.2 Å². The summed E-state index contributed by atoms with van der Waals surface area (Å²) in [5, 5.41) is 3.39. The van der Waals surface area contributed by atoms with Crippen LogP contribution in [0.25, 0.3) is 11.3 Å². The zero-order valence-electron chi connectivity index (χ0n) is 16.5. The van der Waals surface area contributed by atoms with E-state index in [4.69, 9.17) is 9.47 Å². The number of carbonyl (C=O) groups excluding carboxylic acids is 1. The molecular formula is C20H22N4O3S. The molecule has 0 atom stereocenters. The molecule has 8 heteroatoms. The molecule has 0 aliphatic carbocycles. The van der Waals surface area contributed by atoms with Gasteiger partial charge in [0.25, 0.3) is 5.91 Å². The van der Waals surface area contributed by atoms with Crippen LogP contribution in [0.5, 0.6) is 11.5 Å². The van der Waals surface area contributed by atoms with Crippen molar-refractivity contribution >= 4 is 22.4 Å². The number of ether oxygens (including phenoxy) is 2. The second-order valence-electron chi connectivity index (χ2n) is 6.08. The van der Waals surface area contributed by atoms with Crippen LogP contribution >= 0.6 is 11.3 Å². The monoisotopic (exact) mass is 398 g/mol. The number of carbonyl (C=O) groups is 1. The first-order valence-corrected chi connectivity index (χ1v) is 9.62. The van der Waals surface area contributed by atoms with E-state index in [2.05, 4.69) is 20.3 Å². The van der Waals surface area contributed by atoms with E-state index in [1.807, 2.05) is 32.0 Å². The largest absolute Gasteiger partial charge is 0.493 e. The van der Waals surface area contributed by atoms with Crippen LogP contribution in [-0.4, -0.2) is 35.1 Å².